The summed E-state index contributed by atoms with van der Waals surface area (Å²) in [5.74, 6) is -3.33. The molecule has 0 bridgehead atoms. The van der Waals surface area contributed by atoms with Crippen LogP contribution in [0, 0.1) is 0 Å². The van der Waals surface area contributed by atoms with E-state index in [-0.39, 0.29) is 42.5 Å². The van der Waals surface area contributed by atoms with Gasteiger partial charge in [0.2, 0.25) is 16.8 Å². The molecule has 3 aromatic rings. The predicted octanol–water partition coefficient (Wildman–Crippen LogP) is 2.62. The van der Waals surface area contributed by atoms with Gasteiger partial charge >= 0.3 is 5.97 Å². The number of methoxy groups -OCH3 is 1. The zero-order valence-corrected chi connectivity index (χ0v) is 25.4. The molecule has 5 rings (SSSR count). The number of fused-ring (bicyclic) bond motifs is 1. The number of aromatic nitrogens is 2. The van der Waals surface area contributed by atoms with Gasteiger partial charge in [0.1, 0.15) is 28.7 Å². The number of hydrogen-bond donors (Lipinski definition) is 2. The van der Waals surface area contributed by atoms with Crippen LogP contribution >= 0.6 is 11.3 Å². The van der Waals surface area contributed by atoms with E-state index in [4.69, 9.17) is 15.2 Å². The van der Waals surface area contributed by atoms with Gasteiger partial charge in [-0.2, -0.15) is 0 Å². The van der Waals surface area contributed by atoms with Crippen LogP contribution in [0.25, 0.3) is 10.8 Å². The lowest BCUT2D eigenvalue weighted by Gasteiger charge is -2.29. The number of ether oxygens (including phenoxy) is 2. The van der Waals surface area contributed by atoms with E-state index in [1.54, 1.807) is 32.2 Å². The number of carbonyl (C=O) groups is 2. The van der Waals surface area contributed by atoms with Crippen LogP contribution in [-0.2, 0) is 31.6 Å². The second kappa shape index (κ2) is 12.1. The summed E-state index contributed by atoms with van der Waals surface area (Å²) in [7, 11) is -1.83. The molecule has 0 saturated carbocycles. The number of hydrogen-bond acceptors (Lipinski definition) is 11. The molecule has 2 N–H and O–H groups in total. The molecule has 12 nitrogen and oxygen atoms in total. The van der Waals surface area contributed by atoms with Gasteiger partial charge in [0.05, 0.1) is 26.0 Å². The summed E-state index contributed by atoms with van der Waals surface area (Å²) in [6, 6.07) is 3.06. The maximum atomic E-state index is 13.8. The van der Waals surface area contributed by atoms with Gasteiger partial charge in [0.15, 0.2) is 5.13 Å². The topological polar surface area (TPSA) is 148 Å². The average molecular weight is 639 g/mol. The number of thiazole rings is 1. The Bertz CT molecular complexity index is 1610. The zero-order valence-electron chi connectivity index (χ0n) is 23.7. The largest absolute Gasteiger partial charge is 0.496 e. The number of halogens is 2. The minimum atomic E-state index is -3.31. The van der Waals surface area contributed by atoms with Gasteiger partial charge in [0, 0.05) is 37.5 Å². The molecule has 0 unspecified atom stereocenters. The Morgan fingerprint density at radius 1 is 1.28 bits per heavy atom. The first-order chi connectivity index (χ1) is 20.4. The highest BCUT2D eigenvalue weighted by Crippen LogP contribution is 2.38. The first kappa shape index (κ1) is 30.7. The highest BCUT2D eigenvalue weighted by atomic mass is 32.2. The molecule has 2 fully saturated rings. The maximum Gasteiger partial charge on any atom is 0.329 e. The Hall–Kier alpha value is -3.79. The van der Waals surface area contributed by atoms with Crippen LogP contribution in [0.4, 0.5) is 24.7 Å². The van der Waals surface area contributed by atoms with Gasteiger partial charge < -0.3 is 25.0 Å². The molecular formula is C27H32F2N6O6S2. The maximum absolute atomic E-state index is 13.8. The highest BCUT2D eigenvalue weighted by molar-refractivity contribution is 7.74. The SMILES string of the molecule is COc1cc2c(N)nccc2cc1C[C@H](C(=O)OC(C)C)N1CC[C@H](N(c2cnc(N3CCC(F)(F)C3)s2)[SH](=O)=O)C1=O. The van der Waals surface area contributed by atoms with E-state index < -0.39 is 53.4 Å². The van der Waals surface area contributed by atoms with Gasteiger partial charge in [-0.05, 0) is 49.4 Å². The number of pyridine rings is 1. The van der Waals surface area contributed by atoms with E-state index in [2.05, 4.69) is 9.97 Å². The van der Waals surface area contributed by atoms with Crippen molar-refractivity contribution in [1.82, 2.24) is 14.9 Å². The van der Waals surface area contributed by atoms with Crippen LogP contribution in [0.2, 0.25) is 0 Å². The number of carbonyl (C=O) groups excluding carboxylic acids is 2. The second-order valence-electron chi connectivity index (χ2n) is 10.7. The third-order valence-electron chi connectivity index (χ3n) is 7.44. The van der Waals surface area contributed by atoms with Crippen molar-refractivity contribution in [2.45, 2.75) is 57.2 Å². The predicted molar refractivity (Wildman–Crippen MR) is 158 cm³/mol. The van der Waals surface area contributed by atoms with E-state index in [0.29, 0.717) is 22.5 Å². The molecule has 4 heterocycles. The van der Waals surface area contributed by atoms with E-state index in [9.17, 15) is 26.8 Å². The van der Waals surface area contributed by atoms with Crippen LogP contribution < -0.4 is 19.7 Å². The van der Waals surface area contributed by atoms with Gasteiger partial charge in [-0.3, -0.25) is 4.79 Å². The molecule has 232 valence electrons. The third kappa shape index (κ3) is 6.30. The molecular weight excluding hydrogens is 606 g/mol. The molecule has 2 aromatic heterocycles. The molecule has 2 atom stereocenters. The molecule has 0 spiro atoms. The summed E-state index contributed by atoms with van der Waals surface area (Å²) < 4.78 is 64.5. The summed E-state index contributed by atoms with van der Waals surface area (Å²) in [6.07, 6.45) is 2.17. The van der Waals surface area contributed by atoms with Crippen LogP contribution in [0.15, 0.2) is 30.6 Å². The Morgan fingerprint density at radius 2 is 2.05 bits per heavy atom. The number of amides is 1. The van der Waals surface area contributed by atoms with E-state index in [1.165, 1.54) is 23.1 Å². The molecule has 2 aliphatic rings. The highest BCUT2D eigenvalue weighted by Gasteiger charge is 2.45. The number of thiol groups is 1. The summed E-state index contributed by atoms with van der Waals surface area (Å²) in [5, 5.41) is 1.80. The molecule has 2 aliphatic heterocycles. The number of nitrogens with zero attached hydrogens (tertiary/aromatic N) is 5. The smallest absolute Gasteiger partial charge is 0.329 e. The van der Waals surface area contributed by atoms with Gasteiger partial charge in [-0.1, -0.05) is 11.3 Å². The Morgan fingerprint density at radius 3 is 2.70 bits per heavy atom. The summed E-state index contributed by atoms with van der Waals surface area (Å²) in [6.45, 7) is 3.04. The van der Waals surface area contributed by atoms with Crippen molar-refractivity contribution in [2.75, 3.05) is 41.7 Å². The Kier molecular flexibility index (Phi) is 8.61. The van der Waals surface area contributed by atoms with Crippen LogP contribution in [0.1, 0.15) is 32.3 Å². The molecule has 16 heteroatoms. The van der Waals surface area contributed by atoms with Crippen molar-refractivity contribution in [2.24, 2.45) is 0 Å². The summed E-state index contributed by atoms with van der Waals surface area (Å²) in [5.41, 5.74) is 6.64. The normalized spacial score (nSPS) is 19.0. The minimum absolute atomic E-state index is 0.0305. The van der Waals surface area contributed by atoms with Crippen molar-refractivity contribution < 1.29 is 36.3 Å². The van der Waals surface area contributed by atoms with Crippen molar-refractivity contribution in [3.05, 3.63) is 36.2 Å². The standard InChI is InChI=1S/C27H32F2N6O6S2/c1-15(2)41-25(37)20(11-17-10-16-4-7-31-23(30)18(16)12-21(17)40-3)34-8-5-19(24(34)36)35(43(38)39)22-13-32-26(42-22)33-9-6-27(28,29)14-33/h4,7,10,12-13,15,19-20,43H,5-6,8-9,11,14H2,1-3H3,(H2,30,31)/t19-,20+/m0/s1. The van der Waals surface area contributed by atoms with Crippen molar-refractivity contribution in [3.8, 4) is 5.75 Å². The second-order valence-corrected chi connectivity index (χ2v) is 12.6. The fourth-order valence-electron chi connectivity index (χ4n) is 5.44. The van der Waals surface area contributed by atoms with Crippen molar-refractivity contribution >= 4 is 60.8 Å². The molecule has 1 amide bonds. The lowest BCUT2D eigenvalue weighted by Crippen LogP contribution is -2.49. The first-order valence-corrected chi connectivity index (χ1v) is 15.6. The van der Waals surface area contributed by atoms with E-state index in [0.717, 1.165) is 21.0 Å². The van der Waals surface area contributed by atoms with Gasteiger partial charge in [0.25, 0.3) is 5.92 Å². The number of likely N-dealkylation sites (tertiary alicyclic amines) is 1. The fraction of sp³-hybridized carbons (Fsp3) is 0.481. The van der Waals surface area contributed by atoms with Crippen LogP contribution in [0.3, 0.4) is 0 Å². The van der Waals surface area contributed by atoms with Gasteiger partial charge in [-0.15, -0.1) is 0 Å². The fourth-order valence-corrected chi connectivity index (χ4v) is 7.32. The molecule has 2 saturated heterocycles. The van der Waals surface area contributed by atoms with Crippen molar-refractivity contribution in [3.63, 3.8) is 0 Å². The third-order valence-corrected chi connectivity index (χ3v) is 9.48. The van der Waals surface area contributed by atoms with Gasteiger partial charge in [-0.25, -0.2) is 36.3 Å². The summed E-state index contributed by atoms with van der Waals surface area (Å²) in [4.78, 5) is 38.2. The minimum Gasteiger partial charge on any atom is -0.496 e. The first-order valence-electron chi connectivity index (χ1n) is 13.6. The Labute approximate surface area is 252 Å². The number of alkyl halides is 2. The molecule has 0 radical (unpaired) electrons. The number of rotatable bonds is 10. The van der Waals surface area contributed by atoms with Crippen LogP contribution in [-0.4, -0.2) is 86.0 Å². The average Bonchev–Trinajstić information content (AvgIpc) is 3.66. The zero-order chi connectivity index (χ0) is 31.1. The number of nitrogens with two attached hydrogens (primary N) is 1. The monoisotopic (exact) mass is 638 g/mol. The lowest BCUT2D eigenvalue weighted by atomic mass is 10.00. The molecule has 0 aliphatic carbocycles. The lowest BCUT2D eigenvalue weighted by molar-refractivity contribution is -0.157. The molecule has 43 heavy (non-hydrogen) atoms. The number of nitrogen functional groups attached to an aromatic ring is 1. The van der Waals surface area contributed by atoms with E-state index in [1.807, 2.05) is 6.07 Å². The number of benzene rings is 1. The molecule has 1 aromatic carbocycles. The van der Waals surface area contributed by atoms with Crippen LogP contribution in [0.5, 0.6) is 5.75 Å². The van der Waals surface area contributed by atoms with E-state index >= 15 is 0 Å². The number of esters is 1. The Balaban J connectivity index is 1.44. The number of anilines is 3. The summed E-state index contributed by atoms with van der Waals surface area (Å²) >= 11 is 0.920. The quantitative estimate of drug-likeness (QED) is 0.251. The van der Waals surface area contributed by atoms with Crippen molar-refractivity contribution in [1.29, 1.82) is 0 Å².